The molecule has 0 radical (unpaired) electrons. The first-order chi connectivity index (χ1) is 11.4. The summed E-state index contributed by atoms with van der Waals surface area (Å²) < 4.78 is 39.2. The van der Waals surface area contributed by atoms with E-state index in [1.54, 1.807) is 6.07 Å². The minimum Gasteiger partial charge on any atom is -0.394 e. The Labute approximate surface area is 141 Å². The number of nitrogens with one attached hydrogen (secondary N) is 1. The summed E-state index contributed by atoms with van der Waals surface area (Å²) in [6.45, 7) is 0. The van der Waals surface area contributed by atoms with Crippen LogP contribution in [0.1, 0.15) is 35.1 Å². The van der Waals surface area contributed by atoms with Gasteiger partial charge in [-0.15, -0.1) is 11.8 Å². The van der Waals surface area contributed by atoms with Crippen LogP contribution < -0.4 is 11.3 Å². The Morgan fingerprint density at radius 2 is 1.79 bits per heavy atom. The molecule has 0 atom stereocenters. The summed E-state index contributed by atoms with van der Waals surface area (Å²) in [4.78, 5) is 14.7. The molecule has 3 nitrogen and oxygen atoms in total. The molecule has 0 fully saturated rings. The molecule has 0 saturated heterocycles. The van der Waals surface area contributed by atoms with E-state index in [2.05, 4.69) is 4.98 Å². The summed E-state index contributed by atoms with van der Waals surface area (Å²) in [5.74, 6) is 0.141. The minimum atomic E-state index is -4.38. The van der Waals surface area contributed by atoms with Gasteiger partial charge in [-0.1, -0.05) is 18.2 Å². The molecule has 0 bridgehead atoms. The highest BCUT2D eigenvalue weighted by atomic mass is 32.2. The van der Waals surface area contributed by atoms with Crippen LogP contribution in [0.4, 0.5) is 18.9 Å². The quantitative estimate of drug-likeness (QED) is 0.814. The standard InChI is InChI=1S/C17H17F3N2OS/c18-17(19,20)13-8-4-1-5-10(13)9-24-16-12-7-3-2-6-11(12)14(21)15(23)22-16/h1,4-5,8H,2-3,6-7,9,21H2,(H,22,23). The number of H-pyrrole nitrogens is 1. The number of fused-ring (bicyclic) bond motifs is 1. The molecule has 2 aromatic rings. The van der Waals surface area contributed by atoms with Crippen LogP contribution in [0.25, 0.3) is 0 Å². The van der Waals surface area contributed by atoms with E-state index in [4.69, 9.17) is 5.73 Å². The van der Waals surface area contributed by atoms with Gasteiger partial charge in [0.1, 0.15) is 5.69 Å². The molecule has 0 amide bonds. The van der Waals surface area contributed by atoms with Gasteiger partial charge in [0, 0.05) is 5.75 Å². The van der Waals surface area contributed by atoms with Crippen molar-refractivity contribution in [2.45, 2.75) is 42.6 Å². The first-order valence-corrected chi connectivity index (χ1v) is 8.68. The summed E-state index contributed by atoms with van der Waals surface area (Å²) in [6, 6.07) is 5.52. The van der Waals surface area contributed by atoms with E-state index in [9.17, 15) is 18.0 Å². The summed E-state index contributed by atoms with van der Waals surface area (Å²) in [7, 11) is 0. The molecule has 3 rings (SSSR count). The Kier molecular flexibility index (Phi) is 4.62. The van der Waals surface area contributed by atoms with Crippen molar-refractivity contribution >= 4 is 17.4 Å². The zero-order chi connectivity index (χ0) is 17.3. The molecule has 1 heterocycles. The van der Waals surface area contributed by atoms with Gasteiger partial charge in [-0.05, 0) is 48.4 Å². The van der Waals surface area contributed by atoms with Gasteiger partial charge in [-0.25, -0.2) is 0 Å². The van der Waals surface area contributed by atoms with E-state index < -0.39 is 11.7 Å². The molecular formula is C17H17F3N2OS. The maximum absolute atomic E-state index is 13.1. The van der Waals surface area contributed by atoms with Crippen molar-refractivity contribution in [2.75, 3.05) is 5.73 Å². The molecule has 0 aliphatic heterocycles. The van der Waals surface area contributed by atoms with Gasteiger partial charge in [-0.3, -0.25) is 4.79 Å². The molecule has 7 heteroatoms. The highest BCUT2D eigenvalue weighted by Gasteiger charge is 2.32. The smallest absolute Gasteiger partial charge is 0.394 e. The van der Waals surface area contributed by atoms with Gasteiger partial charge < -0.3 is 10.7 Å². The first kappa shape index (κ1) is 17.0. The Balaban J connectivity index is 1.92. The van der Waals surface area contributed by atoms with Gasteiger partial charge in [0.2, 0.25) is 0 Å². The number of thioether (sulfide) groups is 1. The summed E-state index contributed by atoms with van der Waals surface area (Å²) in [5.41, 5.74) is 7.15. The van der Waals surface area contributed by atoms with Crippen LogP contribution >= 0.6 is 11.8 Å². The second-order valence-electron chi connectivity index (χ2n) is 5.80. The van der Waals surface area contributed by atoms with E-state index in [0.29, 0.717) is 5.03 Å². The van der Waals surface area contributed by atoms with Crippen LogP contribution in [0.2, 0.25) is 0 Å². The number of hydrogen-bond donors (Lipinski definition) is 2. The van der Waals surface area contributed by atoms with Crippen molar-refractivity contribution < 1.29 is 13.2 Å². The number of pyridine rings is 1. The Morgan fingerprint density at radius 1 is 1.12 bits per heavy atom. The number of hydrogen-bond acceptors (Lipinski definition) is 3. The molecule has 3 N–H and O–H groups in total. The van der Waals surface area contributed by atoms with E-state index in [1.165, 1.54) is 23.9 Å². The number of anilines is 1. The SMILES string of the molecule is Nc1c2c(c(SCc3ccccc3C(F)(F)F)[nH]c1=O)CCCC2. The van der Waals surface area contributed by atoms with Gasteiger partial charge in [0.05, 0.1) is 10.6 Å². The molecule has 24 heavy (non-hydrogen) atoms. The normalized spacial score (nSPS) is 14.5. The van der Waals surface area contributed by atoms with E-state index >= 15 is 0 Å². The van der Waals surface area contributed by atoms with Crippen LogP contribution in [0.5, 0.6) is 0 Å². The zero-order valence-electron chi connectivity index (χ0n) is 12.9. The predicted molar refractivity (Wildman–Crippen MR) is 89.1 cm³/mol. The average Bonchev–Trinajstić information content (AvgIpc) is 2.56. The number of nitrogens with two attached hydrogens (primary N) is 1. The summed E-state index contributed by atoms with van der Waals surface area (Å²) in [6.07, 6.45) is -0.880. The Bertz CT molecular complexity index is 814. The molecule has 1 aromatic carbocycles. The van der Waals surface area contributed by atoms with Crippen molar-refractivity contribution in [3.05, 3.63) is 56.9 Å². The van der Waals surface area contributed by atoms with Crippen LogP contribution in [0.15, 0.2) is 34.1 Å². The minimum absolute atomic E-state index is 0.141. The summed E-state index contributed by atoms with van der Waals surface area (Å²) >= 11 is 1.23. The second kappa shape index (κ2) is 6.55. The van der Waals surface area contributed by atoms with Crippen molar-refractivity contribution in [3.63, 3.8) is 0 Å². The first-order valence-electron chi connectivity index (χ1n) is 7.69. The molecule has 1 aliphatic carbocycles. The van der Waals surface area contributed by atoms with Crippen molar-refractivity contribution in [2.24, 2.45) is 0 Å². The zero-order valence-corrected chi connectivity index (χ0v) is 13.7. The van der Waals surface area contributed by atoms with Crippen LogP contribution in [0.3, 0.4) is 0 Å². The number of aromatic amines is 1. The maximum atomic E-state index is 13.1. The van der Waals surface area contributed by atoms with Crippen LogP contribution in [-0.2, 0) is 24.8 Å². The van der Waals surface area contributed by atoms with E-state index in [0.717, 1.165) is 42.9 Å². The van der Waals surface area contributed by atoms with Crippen molar-refractivity contribution in [1.29, 1.82) is 0 Å². The molecular weight excluding hydrogens is 337 g/mol. The number of alkyl halides is 3. The largest absolute Gasteiger partial charge is 0.416 e. The molecule has 0 unspecified atom stereocenters. The molecule has 128 valence electrons. The monoisotopic (exact) mass is 354 g/mol. The van der Waals surface area contributed by atoms with E-state index in [1.807, 2.05) is 0 Å². The lowest BCUT2D eigenvalue weighted by atomic mass is 9.92. The molecule has 1 aromatic heterocycles. The fourth-order valence-corrected chi connectivity index (χ4v) is 4.15. The average molecular weight is 354 g/mol. The fourth-order valence-electron chi connectivity index (χ4n) is 3.03. The van der Waals surface area contributed by atoms with Gasteiger partial charge in [-0.2, -0.15) is 13.2 Å². The number of aromatic nitrogens is 1. The lowest BCUT2D eigenvalue weighted by Gasteiger charge is -2.20. The van der Waals surface area contributed by atoms with Crippen LogP contribution in [0, 0.1) is 0 Å². The van der Waals surface area contributed by atoms with E-state index in [-0.39, 0.29) is 22.6 Å². The van der Waals surface area contributed by atoms with Crippen molar-refractivity contribution in [3.8, 4) is 0 Å². The third-order valence-electron chi connectivity index (χ3n) is 4.23. The molecule has 0 saturated carbocycles. The van der Waals surface area contributed by atoms with Crippen molar-refractivity contribution in [1.82, 2.24) is 4.98 Å². The number of rotatable bonds is 3. The number of halogens is 3. The number of nitrogen functional groups attached to an aromatic ring is 1. The van der Waals surface area contributed by atoms with Gasteiger partial charge in [0.25, 0.3) is 5.56 Å². The lowest BCUT2D eigenvalue weighted by molar-refractivity contribution is -0.138. The fraction of sp³-hybridized carbons (Fsp3) is 0.353. The topological polar surface area (TPSA) is 58.9 Å². The van der Waals surface area contributed by atoms with Gasteiger partial charge in [0.15, 0.2) is 0 Å². The highest BCUT2D eigenvalue weighted by Crippen LogP contribution is 2.36. The van der Waals surface area contributed by atoms with Gasteiger partial charge >= 0.3 is 6.18 Å². The third-order valence-corrected chi connectivity index (χ3v) is 5.33. The lowest BCUT2D eigenvalue weighted by Crippen LogP contribution is -2.20. The molecule has 1 aliphatic rings. The number of benzene rings is 1. The Morgan fingerprint density at radius 3 is 2.50 bits per heavy atom. The van der Waals surface area contributed by atoms with Crippen LogP contribution in [-0.4, -0.2) is 4.98 Å². The predicted octanol–water partition coefficient (Wildman–Crippen LogP) is 4.15. The maximum Gasteiger partial charge on any atom is 0.416 e. The summed E-state index contributed by atoms with van der Waals surface area (Å²) in [5, 5.41) is 0.640. The second-order valence-corrected chi connectivity index (χ2v) is 6.79. The highest BCUT2D eigenvalue weighted by molar-refractivity contribution is 7.98. The Hall–Kier alpha value is -1.89. The molecule has 0 spiro atoms. The third kappa shape index (κ3) is 3.31.